The average molecular weight is 304 g/mol. The molecule has 0 N–H and O–H groups in total. The number of carbonyl (C=O) groups is 1. The maximum Gasteiger partial charge on any atom is 0.315 e. The number of esters is 1. The van der Waals surface area contributed by atoms with Gasteiger partial charge in [0, 0.05) is 5.92 Å². The highest BCUT2D eigenvalue weighted by atomic mass is 16.5. The van der Waals surface area contributed by atoms with E-state index in [9.17, 15) is 4.79 Å². The van der Waals surface area contributed by atoms with Gasteiger partial charge in [0.05, 0.1) is 12.2 Å². The molecule has 0 bridgehead atoms. The van der Waals surface area contributed by atoms with Crippen LogP contribution in [0.25, 0.3) is 11.1 Å². The third-order valence-electron chi connectivity index (χ3n) is 4.18. The topological polar surface area (TPSA) is 39.4 Å². The molecular formula is C20H16O3. The maximum atomic E-state index is 12.2. The molecule has 3 nitrogen and oxygen atoms in total. The van der Waals surface area contributed by atoms with Gasteiger partial charge in [-0.3, -0.25) is 4.79 Å². The zero-order valence-electron chi connectivity index (χ0n) is 12.5. The molecule has 1 heterocycles. The van der Waals surface area contributed by atoms with E-state index in [0.29, 0.717) is 5.75 Å². The molecule has 1 aromatic heterocycles. The van der Waals surface area contributed by atoms with E-state index in [-0.39, 0.29) is 17.8 Å². The van der Waals surface area contributed by atoms with E-state index in [4.69, 9.17) is 9.15 Å². The highest BCUT2D eigenvalue weighted by Gasteiger charge is 2.47. The summed E-state index contributed by atoms with van der Waals surface area (Å²) < 4.78 is 10.8. The fourth-order valence-corrected chi connectivity index (χ4v) is 2.81. The van der Waals surface area contributed by atoms with Gasteiger partial charge in [-0.05, 0) is 41.8 Å². The smallest absolute Gasteiger partial charge is 0.315 e. The van der Waals surface area contributed by atoms with E-state index < -0.39 is 0 Å². The van der Waals surface area contributed by atoms with E-state index in [1.807, 2.05) is 54.6 Å². The molecule has 0 unspecified atom stereocenters. The first-order valence-corrected chi connectivity index (χ1v) is 7.72. The van der Waals surface area contributed by atoms with E-state index >= 15 is 0 Å². The summed E-state index contributed by atoms with van der Waals surface area (Å²) in [6.45, 7) is 0. The molecule has 3 heteroatoms. The van der Waals surface area contributed by atoms with E-state index in [1.165, 1.54) is 0 Å². The van der Waals surface area contributed by atoms with Gasteiger partial charge in [0.1, 0.15) is 11.5 Å². The molecule has 3 aromatic rings. The fraction of sp³-hybridized carbons (Fsp3) is 0.150. The van der Waals surface area contributed by atoms with Gasteiger partial charge < -0.3 is 9.15 Å². The number of hydrogen-bond acceptors (Lipinski definition) is 3. The third kappa shape index (κ3) is 2.90. The van der Waals surface area contributed by atoms with Gasteiger partial charge in [-0.15, -0.1) is 0 Å². The Balaban J connectivity index is 1.41. The van der Waals surface area contributed by atoms with Crippen molar-refractivity contribution < 1.29 is 13.9 Å². The molecule has 114 valence electrons. The lowest BCUT2D eigenvalue weighted by Crippen LogP contribution is -2.11. The highest BCUT2D eigenvalue weighted by Crippen LogP contribution is 2.48. The van der Waals surface area contributed by atoms with Gasteiger partial charge in [-0.25, -0.2) is 0 Å². The van der Waals surface area contributed by atoms with Crippen molar-refractivity contribution in [3.63, 3.8) is 0 Å². The molecule has 23 heavy (non-hydrogen) atoms. The van der Waals surface area contributed by atoms with Gasteiger partial charge >= 0.3 is 5.97 Å². The SMILES string of the molecule is O=C(Oc1ccc(-c2ccccc2)cc1)[C@H]1C[C@@H]1c1ccco1. The van der Waals surface area contributed by atoms with Crippen molar-refractivity contribution in [1.82, 2.24) is 0 Å². The Bertz CT molecular complexity index is 789. The molecular weight excluding hydrogens is 288 g/mol. The summed E-state index contributed by atoms with van der Waals surface area (Å²) in [5.74, 6) is 1.35. The van der Waals surface area contributed by atoms with Crippen LogP contribution in [0.4, 0.5) is 0 Å². The van der Waals surface area contributed by atoms with Gasteiger partial charge in [-0.1, -0.05) is 42.5 Å². The lowest BCUT2D eigenvalue weighted by molar-refractivity contribution is -0.135. The predicted octanol–water partition coefficient (Wildman–Crippen LogP) is 4.66. The van der Waals surface area contributed by atoms with E-state index in [1.54, 1.807) is 6.26 Å². The molecule has 1 aliphatic carbocycles. The zero-order chi connectivity index (χ0) is 15.6. The number of rotatable bonds is 4. The first-order chi connectivity index (χ1) is 11.3. The Morgan fingerprint density at radius 1 is 0.913 bits per heavy atom. The molecule has 2 atom stereocenters. The second-order valence-electron chi connectivity index (χ2n) is 5.78. The highest BCUT2D eigenvalue weighted by molar-refractivity contribution is 5.79. The Morgan fingerprint density at radius 3 is 2.35 bits per heavy atom. The molecule has 1 fully saturated rings. The minimum Gasteiger partial charge on any atom is -0.469 e. The number of benzene rings is 2. The molecule has 4 rings (SSSR count). The standard InChI is InChI=1S/C20H16O3/c21-20(18-13-17(18)19-7-4-12-22-19)23-16-10-8-15(9-11-16)14-5-2-1-3-6-14/h1-12,17-18H,13H2/t17-,18-/m0/s1. The minimum absolute atomic E-state index is 0.0880. The quantitative estimate of drug-likeness (QED) is 0.520. The maximum absolute atomic E-state index is 12.2. The van der Waals surface area contributed by atoms with Crippen LogP contribution in [-0.4, -0.2) is 5.97 Å². The number of furan rings is 1. The summed E-state index contributed by atoms with van der Waals surface area (Å²) in [5.41, 5.74) is 2.25. The lowest BCUT2D eigenvalue weighted by Gasteiger charge is -2.06. The van der Waals surface area contributed by atoms with Crippen LogP contribution >= 0.6 is 0 Å². The van der Waals surface area contributed by atoms with Gasteiger partial charge in [0.15, 0.2) is 0 Å². The van der Waals surface area contributed by atoms with E-state index in [2.05, 4.69) is 12.1 Å². The van der Waals surface area contributed by atoms with Crippen LogP contribution in [0.3, 0.4) is 0 Å². The summed E-state index contributed by atoms with van der Waals surface area (Å²) in [6.07, 6.45) is 2.44. The van der Waals surface area contributed by atoms with Crippen molar-refractivity contribution >= 4 is 5.97 Å². The van der Waals surface area contributed by atoms with Crippen molar-refractivity contribution in [2.75, 3.05) is 0 Å². The Labute approximate surface area is 134 Å². The number of carbonyl (C=O) groups excluding carboxylic acids is 1. The fourth-order valence-electron chi connectivity index (χ4n) is 2.81. The Kier molecular flexibility index (Phi) is 3.46. The lowest BCUT2D eigenvalue weighted by atomic mass is 10.1. The Morgan fingerprint density at radius 2 is 1.65 bits per heavy atom. The molecule has 0 aliphatic heterocycles. The van der Waals surface area contributed by atoms with Crippen molar-refractivity contribution in [3.05, 3.63) is 78.8 Å². The molecule has 0 spiro atoms. The molecule has 1 aliphatic rings. The van der Waals surface area contributed by atoms with Gasteiger partial charge in [0.2, 0.25) is 0 Å². The Hall–Kier alpha value is -2.81. The third-order valence-corrected chi connectivity index (χ3v) is 4.18. The van der Waals surface area contributed by atoms with Crippen molar-refractivity contribution in [2.24, 2.45) is 5.92 Å². The van der Waals surface area contributed by atoms with Crippen LogP contribution in [0.5, 0.6) is 5.75 Å². The van der Waals surface area contributed by atoms with Gasteiger partial charge in [-0.2, -0.15) is 0 Å². The summed E-state index contributed by atoms with van der Waals surface area (Å²) >= 11 is 0. The van der Waals surface area contributed by atoms with Crippen molar-refractivity contribution in [3.8, 4) is 16.9 Å². The second-order valence-corrected chi connectivity index (χ2v) is 5.78. The van der Waals surface area contributed by atoms with Crippen LogP contribution in [0.2, 0.25) is 0 Å². The van der Waals surface area contributed by atoms with Crippen LogP contribution < -0.4 is 4.74 Å². The zero-order valence-corrected chi connectivity index (χ0v) is 12.5. The second kappa shape index (κ2) is 5.76. The summed E-state index contributed by atoms with van der Waals surface area (Å²) in [6, 6.07) is 21.5. The first kappa shape index (κ1) is 13.8. The van der Waals surface area contributed by atoms with Crippen molar-refractivity contribution in [1.29, 1.82) is 0 Å². The van der Waals surface area contributed by atoms with Crippen LogP contribution in [-0.2, 0) is 4.79 Å². The normalized spacial score (nSPS) is 19.3. The molecule has 0 amide bonds. The summed E-state index contributed by atoms with van der Waals surface area (Å²) in [5, 5.41) is 0. The predicted molar refractivity (Wildman–Crippen MR) is 87.1 cm³/mol. The van der Waals surface area contributed by atoms with Crippen molar-refractivity contribution in [2.45, 2.75) is 12.3 Å². The average Bonchev–Trinajstić information content (AvgIpc) is 3.22. The monoisotopic (exact) mass is 304 g/mol. The van der Waals surface area contributed by atoms with Crippen LogP contribution in [0.15, 0.2) is 77.4 Å². The molecule has 0 radical (unpaired) electrons. The number of ether oxygens (including phenoxy) is 1. The first-order valence-electron chi connectivity index (χ1n) is 7.72. The molecule has 0 saturated heterocycles. The van der Waals surface area contributed by atoms with E-state index in [0.717, 1.165) is 23.3 Å². The number of hydrogen-bond donors (Lipinski definition) is 0. The van der Waals surface area contributed by atoms with Gasteiger partial charge in [0.25, 0.3) is 0 Å². The summed E-state index contributed by atoms with van der Waals surface area (Å²) in [4.78, 5) is 12.2. The summed E-state index contributed by atoms with van der Waals surface area (Å²) in [7, 11) is 0. The van der Waals surface area contributed by atoms with Crippen LogP contribution in [0.1, 0.15) is 18.1 Å². The molecule has 1 saturated carbocycles. The van der Waals surface area contributed by atoms with Crippen LogP contribution in [0, 0.1) is 5.92 Å². The minimum atomic E-state index is -0.182. The molecule has 2 aromatic carbocycles. The largest absolute Gasteiger partial charge is 0.469 e.